The first-order valence-electron chi connectivity index (χ1n) is 9.43. The Balaban J connectivity index is 1.74. The van der Waals surface area contributed by atoms with Gasteiger partial charge in [-0.05, 0) is 49.1 Å². The highest BCUT2D eigenvalue weighted by molar-refractivity contribution is 5.81. The van der Waals surface area contributed by atoms with Gasteiger partial charge in [-0.25, -0.2) is 0 Å². The second kappa shape index (κ2) is 10.5. The summed E-state index contributed by atoms with van der Waals surface area (Å²) in [5, 5.41) is 2.99. The van der Waals surface area contributed by atoms with E-state index in [9.17, 15) is 4.79 Å². The number of carbonyl (C=O) groups is 1. The number of anilines is 1. The number of amides is 1. The molecule has 0 saturated heterocycles. The van der Waals surface area contributed by atoms with Crippen molar-refractivity contribution < 1.29 is 9.53 Å². The van der Waals surface area contributed by atoms with Gasteiger partial charge in [0.05, 0.1) is 0 Å². The fraction of sp³-hybridized carbons (Fsp3) is 0.409. The van der Waals surface area contributed by atoms with Gasteiger partial charge < -0.3 is 15.0 Å². The van der Waals surface area contributed by atoms with Crippen molar-refractivity contribution in [3.05, 3.63) is 60.2 Å². The lowest BCUT2D eigenvalue weighted by Crippen LogP contribution is -2.39. The molecule has 26 heavy (non-hydrogen) atoms. The largest absolute Gasteiger partial charge is 0.481 e. The first-order valence-corrected chi connectivity index (χ1v) is 9.43. The van der Waals surface area contributed by atoms with Gasteiger partial charge in [-0.3, -0.25) is 4.79 Å². The highest BCUT2D eigenvalue weighted by Gasteiger charge is 2.17. The number of rotatable bonds is 10. The van der Waals surface area contributed by atoms with Gasteiger partial charge in [-0.1, -0.05) is 44.2 Å². The van der Waals surface area contributed by atoms with Crippen LogP contribution in [0.4, 0.5) is 5.69 Å². The molecule has 0 aliphatic heterocycles. The number of benzene rings is 2. The molecular weight excluding hydrogens is 324 g/mol. The van der Waals surface area contributed by atoms with Crippen molar-refractivity contribution in [2.24, 2.45) is 0 Å². The van der Waals surface area contributed by atoms with Crippen LogP contribution in [0.2, 0.25) is 0 Å². The van der Waals surface area contributed by atoms with Gasteiger partial charge in [0.2, 0.25) is 0 Å². The Morgan fingerprint density at radius 2 is 1.77 bits per heavy atom. The summed E-state index contributed by atoms with van der Waals surface area (Å²) in [5.41, 5.74) is 2.45. The number of ether oxygens (including phenoxy) is 1. The van der Waals surface area contributed by atoms with E-state index in [1.54, 1.807) is 0 Å². The average Bonchev–Trinajstić information content (AvgIpc) is 2.70. The molecule has 2 rings (SSSR count). The van der Waals surface area contributed by atoms with Crippen LogP contribution in [0, 0.1) is 0 Å². The van der Waals surface area contributed by atoms with E-state index in [-0.39, 0.29) is 5.91 Å². The van der Waals surface area contributed by atoms with Crippen LogP contribution in [0.3, 0.4) is 0 Å². The molecule has 1 unspecified atom stereocenters. The molecular formula is C22H30N2O2. The molecule has 4 nitrogen and oxygen atoms in total. The number of carbonyl (C=O) groups excluding carboxylic acids is 1. The van der Waals surface area contributed by atoms with Crippen LogP contribution < -0.4 is 15.0 Å². The Labute approximate surface area is 157 Å². The number of nitrogens with one attached hydrogen (secondary N) is 1. The highest BCUT2D eigenvalue weighted by atomic mass is 16.5. The molecule has 4 heteroatoms. The summed E-state index contributed by atoms with van der Waals surface area (Å²) in [5.74, 6) is 0.697. The summed E-state index contributed by atoms with van der Waals surface area (Å²) >= 11 is 0. The monoisotopic (exact) mass is 354 g/mol. The van der Waals surface area contributed by atoms with E-state index >= 15 is 0 Å². The van der Waals surface area contributed by atoms with Crippen LogP contribution >= 0.6 is 0 Å². The third-order valence-electron chi connectivity index (χ3n) is 4.44. The van der Waals surface area contributed by atoms with E-state index in [1.807, 2.05) is 49.4 Å². The molecule has 0 bridgehead atoms. The summed E-state index contributed by atoms with van der Waals surface area (Å²) in [6, 6.07) is 18.2. The number of aryl methyl sites for hydroxylation is 1. The molecule has 0 aromatic heterocycles. The molecule has 1 N–H and O–H groups in total. The van der Waals surface area contributed by atoms with Crippen molar-refractivity contribution in [2.45, 2.75) is 39.2 Å². The zero-order chi connectivity index (χ0) is 18.8. The van der Waals surface area contributed by atoms with E-state index in [4.69, 9.17) is 4.74 Å². The molecule has 0 fully saturated rings. The molecule has 2 aromatic carbocycles. The Hall–Kier alpha value is -2.49. The minimum atomic E-state index is -0.450. The smallest absolute Gasteiger partial charge is 0.261 e. The summed E-state index contributed by atoms with van der Waals surface area (Å²) in [6.45, 7) is 5.62. The molecule has 140 valence electrons. The molecule has 0 heterocycles. The van der Waals surface area contributed by atoms with Crippen LogP contribution in [0.5, 0.6) is 5.75 Å². The van der Waals surface area contributed by atoms with E-state index in [0.29, 0.717) is 13.0 Å². The SMILES string of the molecule is CCc1ccc(OC(CC)C(=O)NCCCN(C)c2ccccc2)cc1. The van der Waals surface area contributed by atoms with Gasteiger partial charge >= 0.3 is 0 Å². The predicted molar refractivity (Wildman–Crippen MR) is 108 cm³/mol. The predicted octanol–water partition coefficient (Wildman–Crippen LogP) is 4.05. The lowest BCUT2D eigenvalue weighted by Gasteiger charge is -2.20. The van der Waals surface area contributed by atoms with Gasteiger partial charge in [-0.15, -0.1) is 0 Å². The number of hydrogen-bond donors (Lipinski definition) is 1. The van der Waals surface area contributed by atoms with Crippen molar-refractivity contribution in [3.63, 3.8) is 0 Å². The van der Waals surface area contributed by atoms with Crippen molar-refractivity contribution in [1.82, 2.24) is 5.32 Å². The summed E-state index contributed by atoms with van der Waals surface area (Å²) in [7, 11) is 2.06. The van der Waals surface area contributed by atoms with Gasteiger partial charge in [-0.2, -0.15) is 0 Å². The Bertz CT molecular complexity index is 656. The van der Waals surface area contributed by atoms with E-state index in [1.165, 1.54) is 11.3 Å². The standard InChI is InChI=1S/C22H30N2O2/c1-4-18-12-14-20(15-13-18)26-21(5-2)22(25)23-16-9-17-24(3)19-10-7-6-8-11-19/h6-8,10-15,21H,4-5,9,16-17H2,1-3H3,(H,23,25). The lowest BCUT2D eigenvalue weighted by molar-refractivity contribution is -0.128. The number of hydrogen-bond acceptors (Lipinski definition) is 3. The minimum Gasteiger partial charge on any atom is -0.481 e. The van der Waals surface area contributed by atoms with Crippen LogP contribution in [0.15, 0.2) is 54.6 Å². The van der Waals surface area contributed by atoms with Gasteiger partial charge in [0.15, 0.2) is 6.10 Å². The van der Waals surface area contributed by atoms with E-state index < -0.39 is 6.10 Å². The fourth-order valence-corrected chi connectivity index (χ4v) is 2.74. The molecule has 1 atom stereocenters. The average molecular weight is 354 g/mol. The van der Waals surface area contributed by atoms with E-state index in [0.717, 1.165) is 25.1 Å². The van der Waals surface area contributed by atoms with Crippen molar-refractivity contribution in [1.29, 1.82) is 0 Å². The van der Waals surface area contributed by atoms with Crippen LogP contribution in [0.25, 0.3) is 0 Å². The first-order chi connectivity index (χ1) is 12.6. The third-order valence-corrected chi connectivity index (χ3v) is 4.44. The molecule has 2 aromatic rings. The molecule has 0 saturated carbocycles. The topological polar surface area (TPSA) is 41.6 Å². The lowest BCUT2D eigenvalue weighted by atomic mass is 10.1. The minimum absolute atomic E-state index is 0.0468. The summed E-state index contributed by atoms with van der Waals surface area (Å²) in [6.07, 6.45) is 2.08. The highest BCUT2D eigenvalue weighted by Crippen LogP contribution is 2.15. The van der Waals surface area contributed by atoms with Crippen LogP contribution in [-0.2, 0) is 11.2 Å². The summed E-state index contributed by atoms with van der Waals surface area (Å²) in [4.78, 5) is 14.6. The van der Waals surface area contributed by atoms with Gasteiger partial charge in [0.1, 0.15) is 5.75 Å². The van der Waals surface area contributed by atoms with Crippen molar-refractivity contribution in [2.75, 3.05) is 25.0 Å². The second-order valence-corrected chi connectivity index (χ2v) is 6.41. The van der Waals surface area contributed by atoms with Crippen LogP contribution in [-0.4, -0.2) is 32.1 Å². The maximum atomic E-state index is 12.4. The Kier molecular flexibility index (Phi) is 8.00. The zero-order valence-electron chi connectivity index (χ0n) is 16.1. The maximum absolute atomic E-state index is 12.4. The number of para-hydroxylation sites is 1. The third kappa shape index (κ3) is 6.10. The van der Waals surface area contributed by atoms with Crippen molar-refractivity contribution >= 4 is 11.6 Å². The Morgan fingerprint density at radius 3 is 2.38 bits per heavy atom. The van der Waals surface area contributed by atoms with Crippen LogP contribution in [0.1, 0.15) is 32.3 Å². The first kappa shape index (κ1) is 19.8. The molecule has 0 radical (unpaired) electrons. The molecule has 0 aliphatic carbocycles. The zero-order valence-corrected chi connectivity index (χ0v) is 16.1. The van der Waals surface area contributed by atoms with Gasteiger partial charge in [0.25, 0.3) is 5.91 Å². The Morgan fingerprint density at radius 1 is 1.08 bits per heavy atom. The molecule has 0 aliphatic rings. The maximum Gasteiger partial charge on any atom is 0.261 e. The molecule has 1 amide bonds. The summed E-state index contributed by atoms with van der Waals surface area (Å²) < 4.78 is 5.85. The second-order valence-electron chi connectivity index (χ2n) is 6.41. The van der Waals surface area contributed by atoms with Gasteiger partial charge in [0, 0.05) is 25.8 Å². The van der Waals surface area contributed by atoms with E-state index in [2.05, 4.69) is 36.3 Å². The van der Waals surface area contributed by atoms with Crippen molar-refractivity contribution in [3.8, 4) is 5.75 Å². The quantitative estimate of drug-likeness (QED) is 0.655. The normalized spacial score (nSPS) is 11.7. The number of nitrogens with zero attached hydrogens (tertiary/aromatic N) is 1. The molecule has 0 spiro atoms. The fourth-order valence-electron chi connectivity index (χ4n) is 2.74.